The molecule has 3 aromatic carbocycles. The quantitative estimate of drug-likeness (QED) is 0.423. The number of benzene rings is 3. The van der Waals surface area contributed by atoms with Gasteiger partial charge in [0, 0.05) is 6.04 Å². The van der Waals surface area contributed by atoms with E-state index in [2.05, 4.69) is 10.6 Å². The molecule has 0 aliphatic rings. The molecule has 0 heterocycles. The van der Waals surface area contributed by atoms with Crippen LogP contribution in [0.15, 0.2) is 77.7 Å². The third-order valence-electron chi connectivity index (χ3n) is 5.48. The number of halogens is 1. The molecule has 0 saturated heterocycles. The van der Waals surface area contributed by atoms with Gasteiger partial charge in [-0.1, -0.05) is 19.1 Å². The van der Waals surface area contributed by atoms with Gasteiger partial charge in [-0.25, -0.2) is 12.8 Å². The van der Waals surface area contributed by atoms with Crippen molar-refractivity contribution >= 4 is 33.2 Å². The fourth-order valence-electron chi connectivity index (χ4n) is 3.31. The number of ether oxygens (including phenoxy) is 1. The zero-order chi connectivity index (χ0) is 26.3. The molecule has 1 atom stereocenters. The normalized spacial score (nSPS) is 11.9. The van der Waals surface area contributed by atoms with Crippen molar-refractivity contribution in [1.29, 1.82) is 0 Å². The molecule has 3 aromatic rings. The van der Waals surface area contributed by atoms with Crippen LogP contribution in [-0.4, -0.2) is 39.9 Å². The predicted octanol–water partition coefficient (Wildman–Crippen LogP) is 4.20. The molecule has 8 nitrogen and oxygen atoms in total. The van der Waals surface area contributed by atoms with Crippen LogP contribution in [0.1, 0.15) is 30.6 Å². The number of anilines is 2. The Morgan fingerprint density at radius 3 is 2.25 bits per heavy atom. The van der Waals surface area contributed by atoms with Crippen LogP contribution in [0.2, 0.25) is 0 Å². The van der Waals surface area contributed by atoms with Gasteiger partial charge < -0.3 is 15.4 Å². The number of nitrogens with zero attached hydrogens (tertiary/aromatic N) is 1. The molecule has 0 saturated carbocycles. The number of carbonyl (C=O) groups is 2. The number of hydrogen-bond acceptors (Lipinski definition) is 5. The van der Waals surface area contributed by atoms with Crippen molar-refractivity contribution in [2.45, 2.75) is 31.2 Å². The van der Waals surface area contributed by atoms with E-state index < -0.39 is 28.3 Å². The number of hydrogen-bond donors (Lipinski definition) is 2. The summed E-state index contributed by atoms with van der Waals surface area (Å²) in [7, 11) is -2.75. The number of para-hydroxylation sites is 1. The highest BCUT2D eigenvalue weighted by Gasteiger charge is 2.28. The Morgan fingerprint density at radius 1 is 1.00 bits per heavy atom. The Hall–Kier alpha value is -3.92. The first-order chi connectivity index (χ1) is 17.1. The van der Waals surface area contributed by atoms with E-state index in [0.29, 0.717) is 5.75 Å². The largest absolute Gasteiger partial charge is 0.497 e. The third kappa shape index (κ3) is 6.39. The number of rotatable bonds is 10. The second kappa shape index (κ2) is 11.7. The summed E-state index contributed by atoms with van der Waals surface area (Å²) in [6, 6.07) is 16.8. The van der Waals surface area contributed by atoms with Crippen LogP contribution in [-0.2, 0) is 14.8 Å². The number of methoxy groups -OCH3 is 1. The zero-order valence-corrected chi connectivity index (χ0v) is 21.0. The third-order valence-corrected chi connectivity index (χ3v) is 7.27. The minimum Gasteiger partial charge on any atom is -0.497 e. The molecule has 190 valence electrons. The molecule has 36 heavy (non-hydrogen) atoms. The molecule has 2 amide bonds. The SMILES string of the molecule is CCC(C)NC(=O)c1ccccc1NC(=O)CN(c1ccc(F)cc1)S(=O)(=O)c1ccc(OC)cc1. The first kappa shape index (κ1) is 26.7. The van der Waals surface area contributed by atoms with Crippen molar-refractivity contribution in [1.82, 2.24) is 5.32 Å². The van der Waals surface area contributed by atoms with E-state index in [9.17, 15) is 22.4 Å². The topological polar surface area (TPSA) is 105 Å². The summed E-state index contributed by atoms with van der Waals surface area (Å²) in [5.41, 5.74) is 0.590. The monoisotopic (exact) mass is 513 g/mol. The molecule has 0 aliphatic carbocycles. The molecular formula is C26H28FN3O5S. The van der Waals surface area contributed by atoms with E-state index in [-0.39, 0.29) is 33.8 Å². The lowest BCUT2D eigenvalue weighted by molar-refractivity contribution is -0.114. The van der Waals surface area contributed by atoms with E-state index in [1.165, 1.54) is 43.5 Å². The summed E-state index contributed by atoms with van der Waals surface area (Å²) in [5.74, 6) is -1.12. The number of carbonyl (C=O) groups excluding carboxylic acids is 2. The minimum atomic E-state index is -4.21. The van der Waals surface area contributed by atoms with Gasteiger partial charge in [0.05, 0.1) is 28.9 Å². The van der Waals surface area contributed by atoms with Crippen molar-refractivity contribution < 1.29 is 27.1 Å². The molecule has 0 spiro atoms. The maximum absolute atomic E-state index is 13.5. The van der Waals surface area contributed by atoms with E-state index in [0.717, 1.165) is 22.9 Å². The highest BCUT2D eigenvalue weighted by molar-refractivity contribution is 7.92. The molecule has 0 aromatic heterocycles. The Balaban J connectivity index is 1.91. The lowest BCUT2D eigenvalue weighted by atomic mass is 10.1. The van der Waals surface area contributed by atoms with E-state index in [4.69, 9.17) is 4.74 Å². The van der Waals surface area contributed by atoms with Gasteiger partial charge in [-0.05, 0) is 74.0 Å². The van der Waals surface area contributed by atoms with E-state index in [1.54, 1.807) is 24.3 Å². The van der Waals surface area contributed by atoms with Crippen LogP contribution >= 0.6 is 0 Å². The summed E-state index contributed by atoms with van der Waals surface area (Å²) in [6.45, 7) is 3.19. The van der Waals surface area contributed by atoms with Gasteiger partial charge in [0.25, 0.3) is 15.9 Å². The Morgan fingerprint density at radius 2 is 1.64 bits per heavy atom. The van der Waals surface area contributed by atoms with Crippen molar-refractivity contribution in [3.63, 3.8) is 0 Å². The van der Waals surface area contributed by atoms with E-state index in [1.807, 2.05) is 13.8 Å². The van der Waals surface area contributed by atoms with Gasteiger partial charge in [-0.2, -0.15) is 0 Å². The molecule has 2 N–H and O–H groups in total. The second-order valence-electron chi connectivity index (χ2n) is 8.04. The second-order valence-corrected chi connectivity index (χ2v) is 9.90. The van der Waals surface area contributed by atoms with Gasteiger partial charge >= 0.3 is 0 Å². The standard InChI is InChI=1S/C26H28FN3O5S/c1-4-18(2)28-26(32)23-7-5-6-8-24(23)29-25(31)17-30(20-11-9-19(27)10-12-20)36(33,34)22-15-13-21(35-3)14-16-22/h5-16,18H,4,17H2,1-3H3,(H,28,32)(H,29,31). The lowest BCUT2D eigenvalue weighted by Crippen LogP contribution is -2.38. The minimum absolute atomic E-state index is 0.0649. The summed E-state index contributed by atoms with van der Waals surface area (Å²) < 4.78 is 46.5. The molecule has 10 heteroatoms. The van der Waals surface area contributed by atoms with Crippen LogP contribution in [0.5, 0.6) is 5.75 Å². The van der Waals surface area contributed by atoms with Crippen LogP contribution in [0.25, 0.3) is 0 Å². The van der Waals surface area contributed by atoms with Gasteiger partial charge in [-0.15, -0.1) is 0 Å². The summed E-state index contributed by atoms with van der Waals surface area (Å²) in [6.07, 6.45) is 0.732. The van der Waals surface area contributed by atoms with Gasteiger partial charge in [-0.3, -0.25) is 13.9 Å². The average Bonchev–Trinajstić information content (AvgIpc) is 2.88. The van der Waals surface area contributed by atoms with E-state index >= 15 is 0 Å². The maximum atomic E-state index is 13.5. The van der Waals surface area contributed by atoms with Crippen LogP contribution in [0.3, 0.4) is 0 Å². The molecule has 0 bridgehead atoms. The molecular weight excluding hydrogens is 485 g/mol. The first-order valence-electron chi connectivity index (χ1n) is 11.3. The maximum Gasteiger partial charge on any atom is 0.264 e. The predicted molar refractivity (Wildman–Crippen MR) is 136 cm³/mol. The van der Waals surface area contributed by atoms with Crippen LogP contribution in [0, 0.1) is 5.82 Å². The highest BCUT2D eigenvalue weighted by atomic mass is 32.2. The fraction of sp³-hybridized carbons (Fsp3) is 0.231. The summed E-state index contributed by atoms with van der Waals surface area (Å²) in [5, 5.41) is 5.48. The van der Waals surface area contributed by atoms with Crippen LogP contribution < -0.4 is 19.7 Å². The smallest absolute Gasteiger partial charge is 0.264 e. The number of nitrogens with one attached hydrogen (secondary N) is 2. The van der Waals surface area contributed by atoms with Crippen molar-refractivity contribution in [2.75, 3.05) is 23.3 Å². The lowest BCUT2D eigenvalue weighted by Gasteiger charge is -2.24. The fourth-order valence-corrected chi connectivity index (χ4v) is 4.73. The molecule has 1 unspecified atom stereocenters. The van der Waals surface area contributed by atoms with Crippen molar-refractivity contribution in [3.8, 4) is 5.75 Å². The Kier molecular flexibility index (Phi) is 8.65. The summed E-state index contributed by atoms with van der Waals surface area (Å²) in [4.78, 5) is 25.7. The average molecular weight is 514 g/mol. The summed E-state index contributed by atoms with van der Waals surface area (Å²) >= 11 is 0. The van der Waals surface area contributed by atoms with Gasteiger partial charge in [0.1, 0.15) is 18.1 Å². The molecule has 3 rings (SSSR count). The van der Waals surface area contributed by atoms with Gasteiger partial charge in [0.2, 0.25) is 5.91 Å². The molecule has 0 radical (unpaired) electrons. The number of sulfonamides is 1. The van der Waals surface area contributed by atoms with Crippen molar-refractivity contribution in [3.05, 3.63) is 84.2 Å². The highest BCUT2D eigenvalue weighted by Crippen LogP contribution is 2.26. The Labute approximate surface area is 210 Å². The zero-order valence-electron chi connectivity index (χ0n) is 20.2. The Bertz CT molecular complexity index is 1310. The van der Waals surface area contributed by atoms with Crippen molar-refractivity contribution in [2.24, 2.45) is 0 Å². The molecule has 0 aliphatic heterocycles. The van der Waals surface area contributed by atoms with Gasteiger partial charge in [0.15, 0.2) is 0 Å². The molecule has 0 fully saturated rings. The first-order valence-corrected chi connectivity index (χ1v) is 12.7. The van der Waals surface area contributed by atoms with Crippen LogP contribution in [0.4, 0.5) is 15.8 Å². The number of amides is 2.